The van der Waals surface area contributed by atoms with Crippen LogP contribution in [0.4, 0.5) is 5.69 Å². The van der Waals surface area contributed by atoms with Crippen LogP contribution in [0, 0.1) is 0 Å². The van der Waals surface area contributed by atoms with Gasteiger partial charge in [-0.25, -0.2) is 4.68 Å². The Morgan fingerprint density at radius 2 is 1.89 bits per heavy atom. The molecule has 12 heteroatoms. The zero-order chi connectivity index (χ0) is 25.1. The lowest BCUT2D eigenvalue weighted by atomic mass is 10.1. The lowest BCUT2D eigenvalue weighted by molar-refractivity contribution is 0.0659. The van der Waals surface area contributed by atoms with E-state index in [4.69, 9.17) is 9.47 Å². The minimum Gasteiger partial charge on any atom is -0.474 e. The van der Waals surface area contributed by atoms with Gasteiger partial charge in [-0.3, -0.25) is 14.3 Å². The molecule has 0 spiro atoms. The lowest BCUT2D eigenvalue weighted by Crippen LogP contribution is -2.36. The Morgan fingerprint density at radius 1 is 1.06 bits per heavy atom. The molecule has 1 amide bonds. The fraction of sp³-hybridized carbons (Fsp3) is 0.417. The van der Waals surface area contributed by atoms with Gasteiger partial charge >= 0.3 is 0 Å². The molecule has 2 aromatic heterocycles. The quantitative estimate of drug-likeness (QED) is 0.376. The predicted molar refractivity (Wildman–Crippen MR) is 128 cm³/mol. The summed E-state index contributed by atoms with van der Waals surface area (Å²) in [5.74, 6) is -0.334. The molecule has 4 bridgehead atoms. The van der Waals surface area contributed by atoms with Crippen molar-refractivity contribution in [3.05, 3.63) is 69.8 Å². The molecule has 0 radical (unpaired) electrons. The van der Waals surface area contributed by atoms with Gasteiger partial charge in [0.2, 0.25) is 5.88 Å². The van der Waals surface area contributed by atoms with Crippen LogP contribution in [0.25, 0.3) is 0 Å². The standard InChI is InChI=1S/C24H28N6O6/c31-18-11-25-24(34)22-19(13-29(28-22)17-6-8-35-9-7-17)26-23(33)16-3-1-2-15(10-16)12-30-21(32)5-4-20(27-30)36-14-18/h1-5,10,13,17-18,23,26,31,33H,6-9,11-12,14H2,(H,25,34). The highest BCUT2D eigenvalue weighted by Crippen LogP contribution is 2.26. The number of rotatable bonds is 1. The van der Waals surface area contributed by atoms with Gasteiger partial charge in [0.05, 0.1) is 18.3 Å². The Labute approximate surface area is 206 Å². The first kappa shape index (κ1) is 24.0. The molecule has 0 aliphatic carbocycles. The number of aromatic nitrogens is 4. The zero-order valence-corrected chi connectivity index (χ0v) is 19.5. The second kappa shape index (κ2) is 10.5. The lowest BCUT2D eigenvalue weighted by Gasteiger charge is -2.22. The van der Waals surface area contributed by atoms with Crippen LogP contribution in [0.3, 0.4) is 0 Å². The summed E-state index contributed by atoms with van der Waals surface area (Å²) in [7, 11) is 0. The molecule has 5 rings (SSSR count). The maximum absolute atomic E-state index is 13.0. The van der Waals surface area contributed by atoms with Crippen molar-refractivity contribution in [2.45, 2.75) is 37.8 Å². The third-order valence-electron chi connectivity index (χ3n) is 6.17. The number of carbonyl (C=O) groups is 1. The largest absolute Gasteiger partial charge is 0.474 e. The first-order valence-corrected chi connectivity index (χ1v) is 11.8. The van der Waals surface area contributed by atoms with Crippen LogP contribution in [-0.2, 0) is 11.3 Å². The van der Waals surface area contributed by atoms with Crippen LogP contribution in [0.15, 0.2) is 47.4 Å². The maximum atomic E-state index is 13.0. The van der Waals surface area contributed by atoms with Gasteiger partial charge in [0.25, 0.3) is 11.5 Å². The fourth-order valence-electron chi connectivity index (χ4n) is 4.22. The van der Waals surface area contributed by atoms with E-state index in [0.29, 0.717) is 24.5 Å². The average Bonchev–Trinajstić information content (AvgIpc) is 3.31. The number of aliphatic hydroxyl groups is 2. The van der Waals surface area contributed by atoms with E-state index in [9.17, 15) is 19.8 Å². The number of aliphatic hydroxyl groups excluding tert-OH is 2. The second-order valence-electron chi connectivity index (χ2n) is 8.85. The molecule has 2 atom stereocenters. The monoisotopic (exact) mass is 496 g/mol. The van der Waals surface area contributed by atoms with Crippen LogP contribution in [-0.4, -0.2) is 68.2 Å². The van der Waals surface area contributed by atoms with Gasteiger partial charge in [0, 0.05) is 43.7 Å². The SMILES string of the molecule is O=C1NCC(O)COc2ccc(=O)n(n2)Cc2cccc(c2)C(O)Nc2cn(C3CCOCC3)nc21. The van der Waals surface area contributed by atoms with Gasteiger partial charge < -0.3 is 30.3 Å². The van der Waals surface area contributed by atoms with E-state index in [-0.39, 0.29) is 42.9 Å². The van der Waals surface area contributed by atoms with Crippen molar-refractivity contribution in [3.8, 4) is 5.88 Å². The van der Waals surface area contributed by atoms with Gasteiger partial charge in [-0.1, -0.05) is 18.2 Å². The van der Waals surface area contributed by atoms with E-state index in [1.807, 2.05) is 6.07 Å². The average molecular weight is 497 g/mol. The van der Waals surface area contributed by atoms with E-state index < -0.39 is 18.2 Å². The van der Waals surface area contributed by atoms with Crippen molar-refractivity contribution >= 4 is 11.6 Å². The van der Waals surface area contributed by atoms with E-state index in [2.05, 4.69) is 20.8 Å². The minimum atomic E-state index is -1.15. The number of nitrogens with zero attached hydrogens (tertiary/aromatic N) is 4. The molecular weight excluding hydrogens is 468 g/mol. The highest BCUT2D eigenvalue weighted by molar-refractivity contribution is 5.97. The number of fused-ring (bicyclic) bond motifs is 5. The molecule has 1 fully saturated rings. The summed E-state index contributed by atoms with van der Waals surface area (Å²) < 4.78 is 14.0. The van der Waals surface area contributed by atoms with Gasteiger partial charge in [0.1, 0.15) is 12.7 Å². The molecule has 1 saturated heterocycles. The smallest absolute Gasteiger partial charge is 0.274 e. The van der Waals surface area contributed by atoms with Crippen LogP contribution in [0.5, 0.6) is 5.88 Å². The van der Waals surface area contributed by atoms with Crippen LogP contribution in [0.2, 0.25) is 0 Å². The van der Waals surface area contributed by atoms with E-state index in [1.165, 1.54) is 16.8 Å². The molecule has 36 heavy (non-hydrogen) atoms. The summed E-state index contributed by atoms with van der Waals surface area (Å²) in [6.07, 6.45) is 1.05. The highest BCUT2D eigenvalue weighted by atomic mass is 16.5. The van der Waals surface area contributed by atoms with Crippen LogP contribution in [0.1, 0.15) is 46.7 Å². The Balaban J connectivity index is 1.49. The molecule has 1 aromatic carbocycles. The molecule has 190 valence electrons. The Hall–Kier alpha value is -3.74. The number of benzene rings is 1. The highest BCUT2D eigenvalue weighted by Gasteiger charge is 2.24. The molecular formula is C24H28N6O6. The molecule has 2 aliphatic rings. The summed E-state index contributed by atoms with van der Waals surface area (Å²) in [5, 5.41) is 35.7. The number of ether oxygens (including phenoxy) is 2. The Bertz CT molecular complexity index is 1280. The van der Waals surface area contributed by atoms with Crippen molar-refractivity contribution in [2.75, 3.05) is 31.7 Å². The van der Waals surface area contributed by atoms with E-state index in [1.54, 1.807) is 29.1 Å². The van der Waals surface area contributed by atoms with Crippen LogP contribution >= 0.6 is 0 Å². The molecule has 4 heterocycles. The predicted octanol–water partition coefficient (Wildman–Crippen LogP) is 0.426. The molecule has 2 unspecified atom stereocenters. The molecule has 2 aliphatic heterocycles. The number of hydrogen-bond acceptors (Lipinski definition) is 9. The van der Waals surface area contributed by atoms with Crippen molar-refractivity contribution in [3.63, 3.8) is 0 Å². The summed E-state index contributed by atoms with van der Waals surface area (Å²) >= 11 is 0. The van der Waals surface area contributed by atoms with Crippen molar-refractivity contribution in [1.82, 2.24) is 24.9 Å². The molecule has 0 saturated carbocycles. The molecule has 4 N–H and O–H groups in total. The molecule has 3 aromatic rings. The first-order chi connectivity index (χ1) is 17.5. The number of nitrogens with one attached hydrogen (secondary N) is 2. The minimum absolute atomic E-state index is 0.0676. The summed E-state index contributed by atoms with van der Waals surface area (Å²) in [6.45, 7) is 1.14. The van der Waals surface area contributed by atoms with Crippen molar-refractivity contribution in [1.29, 1.82) is 0 Å². The Kier molecular flexibility index (Phi) is 6.98. The third-order valence-corrected chi connectivity index (χ3v) is 6.17. The summed E-state index contributed by atoms with van der Waals surface area (Å²) in [4.78, 5) is 25.3. The molecule has 12 nitrogen and oxygen atoms in total. The number of hydrogen-bond donors (Lipinski definition) is 4. The van der Waals surface area contributed by atoms with E-state index in [0.717, 1.165) is 18.4 Å². The normalized spacial score (nSPS) is 21.4. The Morgan fingerprint density at radius 3 is 2.72 bits per heavy atom. The third kappa shape index (κ3) is 5.40. The topological polar surface area (TPSA) is 153 Å². The van der Waals surface area contributed by atoms with Gasteiger partial charge in [0.15, 0.2) is 11.9 Å². The summed E-state index contributed by atoms with van der Waals surface area (Å²) in [5.41, 5.74) is 1.42. The number of amides is 1. The van der Waals surface area contributed by atoms with Gasteiger partial charge in [-0.2, -0.15) is 5.10 Å². The van der Waals surface area contributed by atoms with Gasteiger partial charge in [-0.05, 0) is 24.5 Å². The zero-order valence-electron chi connectivity index (χ0n) is 19.5. The van der Waals surface area contributed by atoms with Crippen molar-refractivity contribution < 1.29 is 24.5 Å². The first-order valence-electron chi connectivity index (χ1n) is 11.8. The maximum Gasteiger partial charge on any atom is 0.274 e. The number of anilines is 1. The second-order valence-corrected chi connectivity index (χ2v) is 8.85. The van der Waals surface area contributed by atoms with Gasteiger partial charge in [-0.15, -0.1) is 5.10 Å². The van der Waals surface area contributed by atoms with Crippen molar-refractivity contribution in [2.24, 2.45) is 0 Å². The number of β-amino-alcohol motifs (C(OH)–C–C–N with tert-alkyl or cyclic N) is 1. The summed E-state index contributed by atoms with van der Waals surface area (Å²) in [6, 6.07) is 9.91. The van der Waals surface area contributed by atoms with E-state index >= 15 is 0 Å². The number of carbonyl (C=O) groups excluding carboxylic acids is 1. The fourth-order valence-corrected chi connectivity index (χ4v) is 4.22. The van der Waals surface area contributed by atoms with Crippen LogP contribution < -0.4 is 20.9 Å².